The molecule has 5 heteroatoms. The zero-order chi connectivity index (χ0) is 9.97. The lowest BCUT2D eigenvalue weighted by Gasteiger charge is -2.10. The van der Waals surface area contributed by atoms with Gasteiger partial charge in [-0.15, -0.1) is 0 Å². The molecule has 0 spiro atoms. The van der Waals surface area contributed by atoms with Crippen LogP contribution in [0, 0.1) is 5.82 Å². The van der Waals surface area contributed by atoms with E-state index in [0.717, 1.165) is 6.42 Å². The summed E-state index contributed by atoms with van der Waals surface area (Å²) in [5.74, 6) is -0.547. The van der Waals surface area contributed by atoms with E-state index < -0.39 is 5.82 Å². The van der Waals surface area contributed by atoms with Gasteiger partial charge in [0.15, 0.2) is 5.82 Å². The maximum Gasteiger partial charge on any atom is 0.250 e. The summed E-state index contributed by atoms with van der Waals surface area (Å²) < 4.78 is 23.6. The molecule has 1 fully saturated rings. The van der Waals surface area contributed by atoms with Gasteiger partial charge in [0.05, 0.1) is 18.2 Å². The first-order chi connectivity index (χ1) is 6.75. The van der Waals surface area contributed by atoms with Crippen LogP contribution in [0.15, 0.2) is 12.3 Å². The van der Waals surface area contributed by atoms with Gasteiger partial charge in [0.2, 0.25) is 0 Å². The van der Waals surface area contributed by atoms with Gasteiger partial charge in [0.25, 0.3) is 5.88 Å². The number of hydrogen-bond donors (Lipinski definition) is 0. The van der Waals surface area contributed by atoms with Gasteiger partial charge in [-0.3, -0.25) is 0 Å². The van der Waals surface area contributed by atoms with Crippen molar-refractivity contribution >= 4 is 11.6 Å². The van der Waals surface area contributed by atoms with E-state index >= 15 is 0 Å². The van der Waals surface area contributed by atoms with Crippen molar-refractivity contribution in [1.82, 2.24) is 4.98 Å². The molecule has 1 aromatic heterocycles. The summed E-state index contributed by atoms with van der Waals surface area (Å²) in [6, 6.07) is 1.18. The summed E-state index contributed by atoms with van der Waals surface area (Å²) in [7, 11) is 0. The van der Waals surface area contributed by atoms with Gasteiger partial charge in [-0.05, 0) is 6.07 Å². The van der Waals surface area contributed by atoms with Crippen molar-refractivity contribution < 1.29 is 13.9 Å². The van der Waals surface area contributed by atoms with Crippen molar-refractivity contribution in [2.45, 2.75) is 12.5 Å². The first-order valence-corrected chi connectivity index (χ1v) is 4.69. The normalized spacial score (nSPS) is 21.1. The van der Waals surface area contributed by atoms with Gasteiger partial charge in [0.1, 0.15) is 6.10 Å². The minimum Gasteiger partial charge on any atom is -0.470 e. The maximum atomic E-state index is 13.2. The molecule has 2 rings (SSSR count). The number of hydrogen-bond acceptors (Lipinski definition) is 3. The predicted molar refractivity (Wildman–Crippen MR) is 49.1 cm³/mol. The quantitative estimate of drug-likeness (QED) is 0.760. The van der Waals surface area contributed by atoms with E-state index in [2.05, 4.69) is 4.98 Å². The molecule has 76 valence electrons. The molecule has 0 bridgehead atoms. The van der Waals surface area contributed by atoms with Gasteiger partial charge >= 0.3 is 0 Å². The molecular weight excluding hydrogens is 209 g/mol. The van der Waals surface area contributed by atoms with E-state index in [0.29, 0.717) is 13.2 Å². The fraction of sp³-hybridized carbons (Fsp3) is 0.444. The third-order valence-electron chi connectivity index (χ3n) is 1.94. The number of pyridine rings is 1. The Morgan fingerprint density at radius 2 is 2.50 bits per heavy atom. The summed E-state index contributed by atoms with van der Waals surface area (Å²) in [5.41, 5.74) is 0. The highest BCUT2D eigenvalue weighted by atomic mass is 35.5. The summed E-state index contributed by atoms with van der Waals surface area (Å²) in [6.45, 7) is 1.14. The molecule has 0 N–H and O–H groups in total. The minimum absolute atomic E-state index is 0.00935. The lowest BCUT2D eigenvalue weighted by Crippen LogP contribution is -2.17. The monoisotopic (exact) mass is 217 g/mol. The molecule has 1 atom stereocenters. The maximum absolute atomic E-state index is 13.2. The molecule has 0 aromatic carbocycles. The van der Waals surface area contributed by atoms with E-state index in [1.54, 1.807) is 0 Å². The largest absolute Gasteiger partial charge is 0.470 e. The SMILES string of the molecule is Fc1cc(Cl)cnc1OC1CCOC1. The van der Waals surface area contributed by atoms with Gasteiger partial charge < -0.3 is 9.47 Å². The van der Waals surface area contributed by atoms with Crippen LogP contribution in [0.3, 0.4) is 0 Å². The Morgan fingerprint density at radius 3 is 3.14 bits per heavy atom. The Bertz CT molecular complexity index is 329. The smallest absolute Gasteiger partial charge is 0.250 e. The average molecular weight is 218 g/mol. The van der Waals surface area contributed by atoms with Crippen molar-refractivity contribution in [2.24, 2.45) is 0 Å². The Labute approximate surface area is 85.8 Å². The third-order valence-corrected chi connectivity index (χ3v) is 2.15. The Hall–Kier alpha value is -0.870. The first kappa shape index (κ1) is 9.68. The van der Waals surface area contributed by atoms with Crippen molar-refractivity contribution in [3.63, 3.8) is 0 Å². The van der Waals surface area contributed by atoms with Crippen LogP contribution >= 0.6 is 11.6 Å². The number of ether oxygens (including phenoxy) is 2. The van der Waals surface area contributed by atoms with E-state index in [4.69, 9.17) is 21.1 Å². The second-order valence-corrected chi connectivity index (χ2v) is 3.48. The van der Waals surface area contributed by atoms with Crippen molar-refractivity contribution in [3.05, 3.63) is 23.1 Å². The van der Waals surface area contributed by atoms with Crippen LogP contribution in [0.1, 0.15) is 6.42 Å². The van der Waals surface area contributed by atoms with E-state index in [1.807, 2.05) is 0 Å². The van der Waals surface area contributed by atoms with Crippen LogP contribution in [-0.2, 0) is 4.74 Å². The third kappa shape index (κ3) is 2.13. The molecular formula is C9H9ClFNO2. The van der Waals surface area contributed by atoms with Crippen LogP contribution in [0.4, 0.5) is 4.39 Å². The lowest BCUT2D eigenvalue weighted by atomic mass is 10.3. The summed E-state index contributed by atoms with van der Waals surface area (Å²) in [4.78, 5) is 3.76. The van der Waals surface area contributed by atoms with Crippen LogP contribution in [-0.4, -0.2) is 24.3 Å². The summed E-state index contributed by atoms with van der Waals surface area (Å²) in [6.07, 6.45) is 2.03. The summed E-state index contributed by atoms with van der Waals surface area (Å²) in [5, 5.41) is 0.262. The molecule has 0 radical (unpaired) electrons. The molecule has 0 amide bonds. The second-order valence-electron chi connectivity index (χ2n) is 3.04. The van der Waals surface area contributed by atoms with E-state index in [9.17, 15) is 4.39 Å². The summed E-state index contributed by atoms with van der Waals surface area (Å²) >= 11 is 5.55. The average Bonchev–Trinajstić information content (AvgIpc) is 2.62. The standard InChI is InChI=1S/C9H9ClFNO2/c10-6-3-8(11)9(12-4-6)14-7-1-2-13-5-7/h3-4,7H,1-2,5H2. The molecule has 1 aliphatic heterocycles. The second kappa shape index (κ2) is 4.11. The predicted octanol–water partition coefficient (Wildman–Crippen LogP) is 2.04. The zero-order valence-electron chi connectivity index (χ0n) is 7.37. The molecule has 0 saturated carbocycles. The van der Waals surface area contributed by atoms with Gasteiger partial charge in [-0.1, -0.05) is 11.6 Å². The van der Waals surface area contributed by atoms with Crippen molar-refractivity contribution in [1.29, 1.82) is 0 Å². The van der Waals surface area contributed by atoms with Gasteiger partial charge in [-0.2, -0.15) is 0 Å². The molecule has 2 heterocycles. The molecule has 3 nitrogen and oxygen atoms in total. The van der Waals surface area contributed by atoms with Crippen molar-refractivity contribution in [3.8, 4) is 5.88 Å². The molecule has 1 aliphatic rings. The highest BCUT2D eigenvalue weighted by Crippen LogP contribution is 2.20. The van der Waals surface area contributed by atoms with Gasteiger partial charge in [0, 0.05) is 12.6 Å². The van der Waals surface area contributed by atoms with Crippen molar-refractivity contribution in [2.75, 3.05) is 13.2 Å². The molecule has 1 saturated heterocycles. The van der Waals surface area contributed by atoms with Crippen LogP contribution < -0.4 is 4.74 Å². The minimum atomic E-state index is -0.538. The van der Waals surface area contributed by atoms with E-state index in [1.165, 1.54) is 12.3 Å². The highest BCUT2D eigenvalue weighted by Gasteiger charge is 2.19. The Morgan fingerprint density at radius 1 is 1.64 bits per heavy atom. The van der Waals surface area contributed by atoms with Crippen LogP contribution in [0.2, 0.25) is 5.02 Å². The fourth-order valence-electron chi connectivity index (χ4n) is 1.25. The fourth-order valence-corrected chi connectivity index (χ4v) is 1.40. The van der Waals surface area contributed by atoms with Crippen LogP contribution in [0.5, 0.6) is 5.88 Å². The molecule has 0 aliphatic carbocycles. The zero-order valence-corrected chi connectivity index (χ0v) is 8.13. The lowest BCUT2D eigenvalue weighted by molar-refractivity contribution is 0.134. The molecule has 14 heavy (non-hydrogen) atoms. The number of halogens is 2. The number of nitrogens with zero attached hydrogens (tertiary/aromatic N) is 1. The number of rotatable bonds is 2. The van der Waals surface area contributed by atoms with E-state index in [-0.39, 0.29) is 17.0 Å². The molecule has 1 aromatic rings. The van der Waals surface area contributed by atoms with Gasteiger partial charge in [-0.25, -0.2) is 9.37 Å². The van der Waals surface area contributed by atoms with Crippen LogP contribution in [0.25, 0.3) is 0 Å². The Balaban J connectivity index is 2.08. The first-order valence-electron chi connectivity index (χ1n) is 4.31. The highest BCUT2D eigenvalue weighted by molar-refractivity contribution is 6.30. The molecule has 1 unspecified atom stereocenters. The number of aromatic nitrogens is 1. The topological polar surface area (TPSA) is 31.4 Å². The Kier molecular flexibility index (Phi) is 2.84.